The second-order valence-corrected chi connectivity index (χ2v) is 7.76. The lowest BCUT2D eigenvalue weighted by Gasteiger charge is -2.36. The van der Waals surface area contributed by atoms with Gasteiger partial charge in [-0.2, -0.15) is 5.10 Å². The van der Waals surface area contributed by atoms with Crippen LogP contribution < -0.4 is 15.4 Å². The standard InChI is InChI=1S/C22H32FN5O2/c1-4-11-30-19-7-5-17(6-8-19)13-25-22(29)28(21-9-10-24-14-20(21)23)15-18-12-16(2)27(3)26-18/h5-8,12,20-21,24H,4,9-11,13-15H2,1-3H3,(H,25,29)/t20-,21+/m1/s1. The predicted octanol–water partition coefficient (Wildman–Crippen LogP) is 2.93. The van der Waals surface area contributed by atoms with E-state index in [-0.39, 0.29) is 19.1 Å². The molecule has 1 fully saturated rings. The number of piperidine rings is 1. The molecule has 0 bridgehead atoms. The summed E-state index contributed by atoms with van der Waals surface area (Å²) < 4.78 is 22.0. The molecule has 0 spiro atoms. The average molecular weight is 418 g/mol. The lowest BCUT2D eigenvalue weighted by molar-refractivity contribution is 0.0962. The molecule has 0 saturated carbocycles. The number of nitrogens with one attached hydrogen (secondary N) is 2. The molecule has 2 atom stereocenters. The number of urea groups is 1. The molecule has 7 nitrogen and oxygen atoms in total. The van der Waals surface area contributed by atoms with Crippen molar-refractivity contribution in [1.29, 1.82) is 0 Å². The fraction of sp³-hybridized carbons (Fsp3) is 0.545. The SMILES string of the molecule is CCCOc1ccc(CNC(=O)N(Cc2cc(C)n(C)n2)[C@H]2CCNC[C@H]2F)cc1. The summed E-state index contributed by atoms with van der Waals surface area (Å²) in [5.74, 6) is 0.814. The Morgan fingerprint density at radius 1 is 1.40 bits per heavy atom. The Bertz CT molecular complexity index is 804. The highest BCUT2D eigenvalue weighted by Gasteiger charge is 2.33. The van der Waals surface area contributed by atoms with Crippen molar-refractivity contribution in [3.8, 4) is 5.75 Å². The van der Waals surface area contributed by atoms with Crippen molar-refractivity contribution in [2.75, 3.05) is 19.7 Å². The van der Waals surface area contributed by atoms with Crippen molar-refractivity contribution in [2.45, 2.75) is 52.0 Å². The zero-order valence-corrected chi connectivity index (χ0v) is 18.0. The minimum Gasteiger partial charge on any atom is -0.494 e. The van der Waals surface area contributed by atoms with Crippen molar-refractivity contribution in [1.82, 2.24) is 25.3 Å². The van der Waals surface area contributed by atoms with Crippen molar-refractivity contribution in [3.05, 3.63) is 47.3 Å². The van der Waals surface area contributed by atoms with Gasteiger partial charge in [0.25, 0.3) is 0 Å². The third-order valence-corrected chi connectivity index (χ3v) is 5.37. The molecule has 1 aromatic carbocycles. The molecule has 2 heterocycles. The van der Waals surface area contributed by atoms with Crippen LogP contribution in [0.25, 0.3) is 0 Å². The number of hydrogen-bond donors (Lipinski definition) is 2. The van der Waals surface area contributed by atoms with E-state index in [2.05, 4.69) is 22.7 Å². The highest BCUT2D eigenvalue weighted by Crippen LogP contribution is 2.19. The minimum atomic E-state index is -1.11. The Hall–Kier alpha value is -2.61. The fourth-order valence-corrected chi connectivity index (χ4v) is 3.59. The van der Waals surface area contributed by atoms with Gasteiger partial charge in [0, 0.05) is 25.8 Å². The summed E-state index contributed by atoms with van der Waals surface area (Å²) in [6.45, 7) is 6.29. The molecule has 1 aromatic heterocycles. The first-order chi connectivity index (χ1) is 14.5. The normalized spacial score (nSPS) is 18.8. The summed E-state index contributed by atoms with van der Waals surface area (Å²) in [5.41, 5.74) is 2.72. The Balaban J connectivity index is 1.66. The number of nitrogens with zero attached hydrogens (tertiary/aromatic N) is 3. The zero-order valence-electron chi connectivity index (χ0n) is 18.0. The van der Waals surface area contributed by atoms with Crippen LogP contribution >= 0.6 is 0 Å². The number of alkyl halides is 1. The first kappa shape index (κ1) is 22.1. The van der Waals surface area contributed by atoms with E-state index in [0.29, 0.717) is 26.1 Å². The van der Waals surface area contributed by atoms with Gasteiger partial charge >= 0.3 is 6.03 Å². The van der Waals surface area contributed by atoms with Crippen LogP contribution in [0.4, 0.5) is 9.18 Å². The monoisotopic (exact) mass is 417 g/mol. The number of benzene rings is 1. The van der Waals surface area contributed by atoms with Crippen LogP contribution in [0, 0.1) is 6.92 Å². The second kappa shape index (κ2) is 10.4. The molecule has 30 heavy (non-hydrogen) atoms. The van der Waals surface area contributed by atoms with Crippen LogP contribution in [0.15, 0.2) is 30.3 Å². The molecule has 8 heteroatoms. The summed E-state index contributed by atoms with van der Waals surface area (Å²) in [4.78, 5) is 14.6. The topological polar surface area (TPSA) is 71.4 Å². The molecule has 1 aliphatic rings. The number of carbonyl (C=O) groups excluding carboxylic acids is 1. The van der Waals surface area contributed by atoms with Gasteiger partial charge in [-0.25, -0.2) is 9.18 Å². The molecular formula is C22H32FN5O2. The molecule has 164 valence electrons. The fourth-order valence-electron chi connectivity index (χ4n) is 3.59. The summed E-state index contributed by atoms with van der Waals surface area (Å²) >= 11 is 0. The van der Waals surface area contributed by atoms with E-state index < -0.39 is 12.2 Å². The minimum absolute atomic E-state index is 0.259. The van der Waals surface area contributed by atoms with E-state index in [4.69, 9.17) is 4.74 Å². The van der Waals surface area contributed by atoms with Crippen LogP contribution in [0.2, 0.25) is 0 Å². The molecule has 2 N–H and O–H groups in total. The van der Waals surface area contributed by atoms with Crippen molar-refractivity contribution in [3.63, 3.8) is 0 Å². The Morgan fingerprint density at radius 2 is 2.17 bits per heavy atom. The van der Waals surface area contributed by atoms with Gasteiger partial charge in [0.2, 0.25) is 0 Å². The molecular weight excluding hydrogens is 385 g/mol. The van der Waals surface area contributed by atoms with Gasteiger partial charge in [-0.1, -0.05) is 19.1 Å². The molecule has 1 aliphatic heterocycles. The third-order valence-electron chi connectivity index (χ3n) is 5.37. The molecule has 2 aromatic rings. The van der Waals surface area contributed by atoms with E-state index in [9.17, 15) is 9.18 Å². The molecule has 3 rings (SSSR count). The maximum atomic E-state index is 14.6. The zero-order chi connectivity index (χ0) is 21.5. The number of halogens is 1. The smallest absolute Gasteiger partial charge is 0.318 e. The molecule has 0 radical (unpaired) electrons. The predicted molar refractivity (Wildman–Crippen MR) is 114 cm³/mol. The van der Waals surface area contributed by atoms with Crippen LogP contribution in [0.5, 0.6) is 5.75 Å². The van der Waals surface area contributed by atoms with Crippen LogP contribution in [-0.4, -0.2) is 52.6 Å². The van der Waals surface area contributed by atoms with Crippen molar-refractivity contribution >= 4 is 6.03 Å². The van der Waals surface area contributed by atoms with Gasteiger partial charge in [-0.05, 0) is 50.1 Å². The van der Waals surface area contributed by atoms with Crippen molar-refractivity contribution in [2.24, 2.45) is 7.05 Å². The third kappa shape index (κ3) is 5.72. The van der Waals surface area contributed by atoms with Crippen LogP contribution in [0.1, 0.15) is 36.7 Å². The number of amides is 2. The van der Waals surface area contributed by atoms with Crippen molar-refractivity contribution < 1.29 is 13.9 Å². The van der Waals surface area contributed by atoms with E-state index in [0.717, 1.165) is 29.1 Å². The Morgan fingerprint density at radius 3 is 2.80 bits per heavy atom. The molecule has 2 amide bonds. The van der Waals surface area contributed by atoms with Gasteiger partial charge in [-0.15, -0.1) is 0 Å². The summed E-state index contributed by atoms with van der Waals surface area (Å²) in [7, 11) is 1.86. The highest BCUT2D eigenvalue weighted by atomic mass is 19.1. The number of aromatic nitrogens is 2. The van der Waals surface area contributed by atoms with Gasteiger partial charge in [-0.3, -0.25) is 4.68 Å². The number of ether oxygens (including phenoxy) is 1. The van der Waals surface area contributed by atoms with Crippen LogP contribution in [-0.2, 0) is 20.1 Å². The molecule has 0 unspecified atom stereocenters. The lowest BCUT2D eigenvalue weighted by atomic mass is 10.0. The van der Waals surface area contributed by atoms with E-state index in [1.54, 1.807) is 9.58 Å². The number of carbonyl (C=O) groups is 1. The molecule has 0 aliphatic carbocycles. The van der Waals surface area contributed by atoms with E-state index in [1.807, 2.05) is 44.3 Å². The first-order valence-corrected chi connectivity index (χ1v) is 10.6. The number of rotatable bonds is 8. The largest absolute Gasteiger partial charge is 0.494 e. The van der Waals surface area contributed by atoms with Gasteiger partial charge in [0.1, 0.15) is 11.9 Å². The van der Waals surface area contributed by atoms with E-state index >= 15 is 0 Å². The summed E-state index contributed by atoms with van der Waals surface area (Å²) in [6.07, 6.45) is 0.420. The Labute approximate surface area is 177 Å². The highest BCUT2D eigenvalue weighted by molar-refractivity contribution is 5.74. The van der Waals surface area contributed by atoms with Gasteiger partial charge in [0.15, 0.2) is 0 Å². The van der Waals surface area contributed by atoms with E-state index in [1.165, 1.54) is 0 Å². The van der Waals surface area contributed by atoms with Crippen LogP contribution in [0.3, 0.4) is 0 Å². The maximum Gasteiger partial charge on any atom is 0.318 e. The maximum absolute atomic E-state index is 14.6. The molecule has 1 saturated heterocycles. The number of aryl methyl sites for hydroxylation is 2. The Kier molecular flexibility index (Phi) is 7.68. The van der Waals surface area contributed by atoms with Gasteiger partial charge < -0.3 is 20.3 Å². The van der Waals surface area contributed by atoms with Gasteiger partial charge in [0.05, 0.1) is 24.9 Å². The second-order valence-electron chi connectivity index (χ2n) is 7.76. The quantitative estimate of drug-likeness (QED) is 0.693. The summed E-state index contributed by atoms with van der Waals surface area (Å²) in [6, 6.07) is 8.84. The lowest BCUT2D eigenvalue weighted by Crippen LogP contribution is -2.55. The summed E-state index contributed by atoms with van der Waals surface area (Å²) in [5, 5.41) is 10.4. The first-order valence-electron chi connectivity index (χ1n) is 10.6. The average Bonchev–Trinajstić information content (AvgIpc) is 3.07. The number of hydrogen-bond acceptors (Lipinski definition) is 4.